The van der Waals surface area contributed by atoms with Gasteiger partial charge in [-0.05, 0) is 12.5 Å². The average Bonchev–Trinajstić information content (AvgIpc) is 2.32. The number of rotatable bonds is 5. The number of nitro groups is 1. The Balaban J connectivity index is 2.96. The summed E-state index contributed by atoms with van der Waals surface area (Å²) in [5, 5.41) is 29.1. The summed E-state index contributed by atoms with van der Waals surface area (Å²) in [6.07, 6.45) is 1.52. The van der Waals surface area contributed by atoms with Crippen molar-refractivity contribution < 1.29 is 24.7 Å². The number of nitro benzene ring substituents is 1. The molecule has 0 aliphatic heterocycles. The minimum absolute atomic E-state index is 0.173. The monoisotopic (exact) mass is 255 g/mol. The lowest BCUT2D eigenvalue weighted by Crippen LogP contribution is -2.07. The van der Waals surface area contributed by atoms with Crippen molar-refractivity contribution in [1.82, 2.24) is 0 Å². The fraction of sp³-hybridized carbons (Fsp3) is 0.364. The quantitative estimate of drug-likeness (QED) is 0.273. The van der Waals surface area contributed by atoms with Crippen molar-refractivity contribution in [3.8, 4) is 11.5 Å². The molecular weight excluding hydrogens is 242 g/mol. The van der Waals surface area contributed by atoms with Crippen LogP contribution in [0.3, 0.4) is 0 Å². The van der Waals surface area contributed by atoms with E-state index in [1.54, 1.807) is 0 Å². The summed E-state index contributed by atoms with van der Waals surface area (Å²) in [4.78, 5) is 21.2. The third-order valence-electron chi connectivity index (χ3n) is 2.23. The lowest BCUT2D eigenvalue weighted by Gasteiger charge is -2.05. The van der Waals surface area contributed by atoms with Gasteiger partial charge in [-0.2, -0.15) is 0 Å². The van der Waals surface area contributed by atoms with Crippen molar-refractivity contribution in [2.75, 3.05) is 6.61 Å². The standard InChI is InChI=1S/C11H13NO6/c1-2-3-4-18-11(15)7-5-8(12(16)17)10(14)9(13)6-7/h5-6,13-14H,2-4H2,1H3. The molecule has 0 saturated heterocycles. The first-order chi connectivity index (χ1) is 8.47. The number of phenolic OH excluding ortho intramolecular Hbond substituents is 2. The Hall–Kier alpha value is -2.31. The second kappa shape index (κ2) is 5.85. The van der Waals surface area contributed by atoms with Crippen LogP contribution in [0.25, 0.3) is 0 Å². The van der Waals surface area contributed by atoms with E-state index < -0.39 is 28.1 Å². The molecule has 1 aromatic rings. The third kappa shape index (κ3) is 3.09. The van der Waals surface area contributed by atoms with Crippen LogP contribution in [0.1, 0.15) is 30.1 Å². The molecule has 0 aliphatic rings. The van der Waals surface area contributed by atoms with Gasteiger partial charge in [0.2, 0.25) is 5.75 Å². The number of unbranched alkanes of at least 4 members (excludes halogenated alkanes) is 1. The Morgan fingerprint density at radius 3 is 2.67 bits per heavy atom. The van der Waals surface area contributed by atoms with Crippen LogP contribution >= 0.6 is 0 Å². The summed E-state index contributed by atoms with van der Waals surface area (Å²) in [5.41, 5.74) is -0.912. The fourth-order valence-electron chi connectivity index (χ4n) is 1.25. The molecule has 0 heterocycles. The Labute approximate surface area is 103 Å². The smallest absolute Gasteiger partial charge is 0.338 e. The summed E-state index contributed by atoms with van der Waals surface area (Å²) in [6, 6.07) is 1.79. The summed E-state index contributed by atoms with van der Waals surface area (Å²) < 4.78 is 4.84. The van der Waals surface area contributed by atoms with Crippen LogP contribution in [0, 0.1) is 10.1 Å². The molecule has 0 saturated carbocycles. The van der Waals surface area contributed by atoms with Crippen LogP contribution in [0.4, 0.5) is 5.69 Å². The maximum Gasteiger partial charge on any atom is 0.338 e. The van der Waals surface area contributed by atoms with E-state index in [1.165, 1.54) is 0 Å². The molecule has 0 atom stereocenters. The predicted molar refractivity (Wildman–Crippen MR) is 61.6 cm³/mol. The maximum absolute atomic E-state index is 11.5. The number of carbonyl (C=O) groups excluding carboxylic acids is 1. The van der Waals surface area contributed by atoms with E-state index in [0.717, 1.165) is 18.6 Å². The number of ether oxygens (including phenoxy) is 1. The van der Waals surface area contributed by atoms with Gasteiger partial charge in [0.15, 0.2) is 5.75 Å². The van der Waals surface area contributed by atoms with Crippen LogP contribution in [0.15, 0.2) is 12.1 Å². The topological polar surface area (TPSA) is 110 Å². The van der Waals surface area contributed by atoms with Gasteiger partial charge in [0.25, 0.3) is 0 Å². The van der Waals surface area contributed by atoms with E-state index in [0.29, 0.717) is 6.42 Å². The van der Waals surface area contributed by atoms with E-state index in [9.17, 15) is 25.1 Å². The van der Waals surface area contributed by atoms with Crippen molar-refractivity contribution in [2.45, 2.75) is 19.8 Å². The Morgan fingerprint density at radius 2 is 2.11 bits per heavy atom. The molecule has 98 valence electrons. The predicted octanol–water partition coefficient (Wildman–Crippen LogP) is 1.96. The van der Waals surface area contributed by atoms with Crippen molar-refractivity contribution >= 4 is 11.7 Å². The van der Waals surface area contributed by atoms with E-state index >= 15 is 0 Å². The molecule has 7 nitrogen and oxygen atoms in total. The molecule has 7 heteroatoms. The van der Waals surface area contributed by atoms with Gasteiger partial charge in [-0.1, -0.05) is 13.3 Å². The minimum atomic E-state index is -0.891. The lowest BCUT2D eigenvalue weighted by atomic mass is 10.1. The number of phenols is 2. The highest BCUT2D eigenvalue weighted by Gasteiger charge is 2.22. The average molecular weight is 255 g/mol. The second-order valence-electron chi connectivity index (χ2n) is 3.61. The van der Waals surface area contributed by atoms with Crippen LogP contribution < -0.4 is 0 Å². The van der Waals surface area contributed by atoms with Crippen molar-refractivity contribution in [1.29, 1.82) is 0 Å². The van der Waals surface area contributed by atoms with Crippen LogP contribution in [-0.2, 0) is 4.74 Å². The van der Waals surface area contributed by atoms with Gasteiger partial charge >= 0.3 is 11.7 Å². The maximum atomic E-state index is 11.5. The fourth-order valence-corrected chi connectivity index (χ4v) is 1.25. The summed E-state index contributed by atoms with van der Waals surface area (Å²) in [7, 11) is 0. The molecule has 18 heavy (non-hydrogen) atoms. The Bertz CT molecular complexity index is 471. The molecule has 1 rings (SSSR count). The molecule has 0 amide bonds. The largest absolute Gasteiger partial charge is 0.504 e. The van der Waals surface area contributed by atoms with Crippen LogP contribution in [0.2, 0.25) is 0 Å². The Kier molecular flexibility index (Phi) is 4.47. The molecule has 1 aromatic carbocycles. The normalized spacial score (nSPS) is 10.1. The zero-order valence-corrected chi connectivity index (χ0v) is 9.75. The first-order valence-corrected chi connectivity index (χ1v) is 5.34. The summed E-state index contributed by atoms with van der Waals surface area (Å²) in [6.45, 7) is 2.12. The number of hydrogen-bond donors (Lipinski definition) is 2. The van der Waals surface area contributed by atoms with Crippen LogP contribution in [-0.4, -0.2) is 27.7 Å². The van der Waals surface area contributed by atoms with Gasteiger partial charge < -0.3 is 14.9 Å². The number of hydrogen-bond acceptors (Lipinski definition) is 6. The van der Waals surface area contributed by atoms with E-state index in [2.05, 4.69) is 0 Å². The van der Waals surface area contributed by atoms with Crippen molar-refractivity contribution in [2.24, 2.45) is 0 Å². The highest BCUT2D eigenvalue weighted by molar-refractivity contribution is 5.91. The minimum Gasteiger partial charge on any atom is -0.504 e. The number of benzene rings is 1. The highest BCUT2D eigenvalue weighted by Crippen LogP contribution is 2.36. The van der Waals surface area contributed by atoms with Gasteiger partial charge in [0.05, 0.1) is 17.1 Å². The first kappa shape index (κ1) is 13.8. The molecule has 2 N–H and O–H groups in total. The summed E-state index contributed by atoms with van der Waals surface area (Å²) in [5.74, 6) is -2.38. The Morgan fingerprint density at radius 1 is 1.44 bits per heavy atom. The van der Waals surface area contributed by atoms with Gasteiger partial charge in [-0.3, -0.25) is 10.1 Å². The van der Waals surface area contributed by atoms with E-state index in [1.807, 2.05) is 6.92 Å². The molecule has 0 bridgehead atoms. The molecule has 0 radical (unpaired) electrons. The van der Waals surface area contributed by atoms with E-state index in [-0.39, 0.29) is 12.2 Å². The molecule has 0 spiro atoms. The number of carbonyl (C=O) groups is 1. The highest BCUT2D eigenvalue weighted by atomic mass is 16.6. The SMILES string of the molecule is CCCCOC(=O)c1cc(O)c(O)c([N+](=O)[O-])c1. The van der Waals surface area contributed by atoms with Gasteiger partial charge in [-0.25, -0.2) is 4.79 Å². The molecule has 0 fully saturated rings. The molecule has 0 aliphatic carbocycles. The molecule has 0 aromatic heterocycles. The first-order valence-electron chi connectivity index (χ1n) is 5.34. The van der Waals surface area contributed by atoms with Crippen molar-refractivity contribution in [3.63, 3.8) is 0 Å². The number of esters is 1. The van der Waals surface area contributed by atoms with Crippen molar-refractivity contribution in [3.05, 3.63) is 27.8 Å². The van der Waals surface area contributed by atoms with E-state index in [4.69, 9.17) is 4.74 Å². The summed E-state index contributed by atoms with van der Waals surface area (Å²) >= 11 is 0. The van der Waals surface area contributed by atoms with Gasteiger partial charge in [0.1, 0.15) is 0 Å². The van der Waals surface area contributed by atoms with Gasteiger partial charge in [0, 0.05) is 6.07 Å². The lowest BCUT2D eigenvalue weighted by molar-refractivity contribution is -0.386. The van der Waals surface area contributed by atoms with Crippen LogP contribution in [0.5, 0.6) is 11.5 Å². The molecular formula is C11H13NO6. The third-order valence-corrected chi connectivity index (χ3v) is 2.23. The number of nitrogens with zero attached hydrogens (tertiary/aromatic N) is 1. The second-order valence-corrected chi connectivity index (χ2v) is 3.61. The van der Waals surface area contributed by atoms with Gasteiger partial charge in [-0.15, -0.1) is 0 Å². The zero-order valence-electron chi connectivity index (χ0n) is 9.75. The zero-order chi connectivity index (χ0) is 13.7. The molecule has 0 unspecified atom stereocenters. The number of aromatic hydroxyl groups is 2.